The molecule has 0 saturated carbocycles. The van der Waals surface area contributed by atoms with Crippen LogP contribution < -0.4 is 10.1 Å². The van der Waals surface area contributed by atoms with E-state index < -0.39 is 5.41 Å². The van der Waals surface area contributed by atoms with Gasteiger partial charge >= 0.3 is 0 Å². The minimum atomic E-state index is -0.438. The summed E-state index contributed by atoms with van der Waals surface area (Å²) in [7, 11) is 0. The van der Waals surface area contributed by atoms with Gasteiger partial charge in [-0.1, -0.05) is 50.6 Å². The molecule has 5 nitrogen and oxygen atoms in total. The molecular formula is C24H30N2O3. The molecule has 0 bridgehead atoms. The molecular weight excluding hydrogens is 364 g/mol. The van der Waals surface area contributed by atoms with Gasteiger partial charge in [-0.2, -0.15) is 0 Å². The van der Waals surface area contributed by atoms with Gasteiger partial charge in [-0.05, 0) is 44.0 Å². The number of likely N-dealkylation sites (tertiary alicyclic amines) is 1. The predicted octanol–water partition coefficient (Wildman–Crippen LogP) is 5.01. The molecule has 2 aromatic rings. The molecule has 29 heavy (non-hydrogen) atoms. The van der Waals surface area contributed by atoms with Crippen LogP contribution >= 0.6 is 0 Å². The van der Waals surface area contributed by atoms with Crippen molar-refractivity contribution in [2.45, 2.75) is 40.5 Å². The first kappa shape index (κ1) is 20.9. The topological polar surface area (TPSA) is 58.6 Å². The average Bonchev–Trinajstić information content (AvgIpc) is 2.70. The normalized spacial score (nSPS) is 17.0. The maximum absolute atomic E-state index is 12.9. The third-order valence-electron chi connectivity index (χ3n) is 5.11. The third-order valence-corrected chi connectivity index (χ3v) is 5.11. The van der Waals surface area contributed by atoms with Gasteiger partial charge in [0, 0.05) is 18.5 Å². The number of benzene rings is 2. The van der Waals surface area contributed by atoms with Crippen LogP contribution in [0.3, 0.4) is 0 Å². The fourth-order valence-corrected chi connectivity index (χ4v) is 3.48. The quantitative estimate of drug-likeness (QED) is 0.793. The third kappa shape index (κ3) is 5.37. The van der Waals surface area contributed by atoms with E-state index in [9.17, 15) is 9.59 Å². The Morgan fingerprint density at radius 2 is 1.76 bits per heavy atom. The molecule has 1 unspecified atom stereocenters. The second kappa shape index (κ2) is 8.68. The van der Waals surface area contributed by atoms with E-state index in [-0.39, 0.29) is 17.7 Å². The lowest BCUT2D eigenvalue weighted by atomic mass is 9.91. The van der Waals surface area contributed by atoms with Crippen LogP contribution in [0.1, 0.15) is 39.2 Å². The van der Waals surface area contributed by atoms with Crippen LogP contribution in [0.15, 0.2) is 48.5 Å². The zero-order valence-electron chi connectivity index (χ0n) is 17.7. The second-order valence-electron chi connectivity index (χ2n) is 8.74. The highest BCUT2D eigenvalue weighted by Crippen LogP contribution is 2.31. The summed E-state index contributed by atoms with van der Waals surface area (Å²) in [5.41, 5.74) is 1.36. The Hall–Kier alpha value is -2.82. The van der Waals surface area contributed by atoms with Crippen LogP contribution in [0.2, 0.25) is 0 Å². The first-order valence-electron chi connectivity index (χ1n) is 10.2. The molecule has 0 aliphatic carbocycles. The summed E-state index contributed by atoms with van der Waals surface area (Å²) in [6.07, 6.45) is 1.61. The number of anilines is 1. The lowest BCUT2D eigenvalue weighted by Gasteiger charge is -2.35. The standard InChI is InChI=1S/C24H30N2O3/c1-17-11-13-19(14-12-17)29-21-10-6-5-9-20(21)25-22(27)18-8-7-15-26(16-18)23(28)24(2,3)4/h5-6,9-14,18H,7-8,15-16H2,1-4H3,(H,25,27). The SMILES string of the molecule is Cc1ccc(Oc2ccccc2NC(=O)C2CCCN(C(=O)C(C)(C)C)C2)cc1. The predicted molar refractivity (Wildman–Crippen MR) is 115 cm³/mol. The zero-order valence-corrected chi connectivity index (χ0v) is 17.7. The van der Waals surface area contributed by atoms with Gasteiger partial charge in [0.25, 0.3) is 0 Å². The Kier molecular flexibility index (Phi) is 6.26. The molecule has 1 saturated heterocycles. The van der Waals surface area contributed by atoms with Crippen molar-refractivity contribution in [2.75, 3.05) is 18.4 Å². The number of amides is 2. The van der Waals surface area contributed by atoms with Crippen molar-refractivity contribution >= 4 is 17.5 Å². The summed E-state index contributed by atoms with van der Waals surface area (Å²) >= 11 is 0. The van der Waals surface area contributed by atoms with Crippen LogP contribution in [-0.2, 0) is 9.59 Å². The summed E-state index contributed by atoms with van der Waals surface area (Å²) < 4.78 is 5.98. The number of nitrogens with zero attached hydrogens (tertiary/aromatic N) is 1. The molecule has 0 spiro atoms. The van der Waals surface area contributed by atoms with Crippen LogP contribution in [0.5, 0.6) is 11.5 Å². The molecule has 2 aromatic carbocycles. The number of ether oxygens (including phenoxy) is 1. The van der Waals surface area contributed by atoms with Crippen molar-refractivity contribution in [3.8, 4) is 11.5 Å². The molecule has 154 valence electrons. The van der Waals surface area contributed by atoms with Gasteiger partial charge in [-0.3, -0.25) is 9.59 Å². The van der Waals surface area contributed by atoms with Crippen molar-refractivity contribution in [3.05, 3.63) is 54.1 Å². The molecule has 1 atom stereocenters. The van der Waals surface area contributed by atoms with Gasteiger partial charge in [-0.25, -0.2) is 0 Å². The molecule has 1 fully saturated rings. The number of carbonyl (C=O) groups excluding carboxylic acids is 2. The number of piperidine rings is 1. The summed E-state index contributed by atoms with van der Waals surface area (Å²) in [6.45, 7) is 8.94. The van der Waals surface area contributed by atoms with Crippen molar-refractivity contribution < 1.29 is 14.3 Å². The average molecular weight is 395 g/mol. The van der Waals surface area contributed by atoms with Crippen LogP contribution in [0, 0.1) is 18.3 Å². The van der Waals surface area contributed by atoms with E-state index in [2.05, 4.69) is 5.32 Å². The smallest absolute Gasteiger partial charge is 0.229 e. The van der Waals surface area contributed by atoms with Gasteiger partial charge < -0.3 is 15.0 Å². The maximum atomic E-state index is 12.9. The summed E-state index contributed by atoms with van der Waals surface area (Å²) in [4.78, 5) is 27.4. The van der Waals surface area contributed by atoms with Gasteiger partial charge in [0.2, 0.25) is 11.8 Å². The molecule has 0 radical (unpaired) electrons. The summed E-state index contributed by atoms with van der Waals surface area (Å²) in [5.74, 6) is 1.12. The van der Waals surface area contributed by atoms with Crippen molar-refractivity contribution in [2.24, 2.45) is 11.3 Å². The highest BCUT2D eigenvalue weighted by atomic mass is 16.5. The number of rotatable bonds is 4. The van der Waals surface area contributed by atoms with Crippen molar-refractivity contribution in [3.63, 3.8) is 0 Å². The zero-order chi connectivity index (χ0) is 21.0. The van der Waals surface area contributed by atoms with Gasteiger partial charge in [0.1, 0.15) is 5.75 Å². The number of nitrogens with one attached hydrogen (secondary N) is 1. The van der Waals surface area contributed by atoms with E-state index >= 15 is 0 Å². The summed E-state index contributed by atoms with van der Waals surface area (Å²) in [6, 6.07) is 15.2. The molecule has 5 heteroatoms. The van der Waals surface area contributed by atoms with Crippen LogP contribution in [0.25, 0.3) is 0 Å². The highest BCUT2D eigenvalue weighted by molar-refractivity contribution is 5.94. The minimum Gasteiger partial charge on any atom is -0.455 e. The van der Waals surface area contributed by atoms with E-state index in [0.717, 1.165) is 24.2 Å². The minimum absolute atomic E-state index is 0.0728. The second-order valence-corrected chi connectivity index (χ2v) is 8.74. The van der Waals surface area contributed by atoms with Gasteiger partial charge in [0.05, 0.1) is 11.6 Å². The molecule has 1 aliphatic rings. The fraction of sp³-hybridized carbons (Fsp3) is 0.417. The Balaban J connectivity index is 1.69. The van der Waals surface area contributed by atoms with E-state index in [1.165, 1.54) is 0 Å². The Labute approximate surface area is 173 Å². The molecule has 2 amide bonds. The largest absolute Gasteiger partial charge is 0.455 e. The van der Waals surface area contributed by atoms with Crippen LogP contribution in [-0.4, -0.2) is 29.8 Å². The van der Waals surface area contributed by atoms with E-state index in [4.69, 9.17) is 4.74 Å². The monoisotopic (exact) mass is 394 g/mol. The van der Waals surface area contributed by atoms with Crippen LogP contribution in [0.4, 0.5) is 5.69 Å². The lowest BCUT2D eigenvalue weighted by molar-refractivity contribution is -0.142. The van der Waals surface area contributed by atoms with E-state index in [1.54, 1.807) is 0 Å². The Morgan fingerprint density at radius 1 is 1.07 bits per heavy atom. The molecule has 1 aliphatic heterocycles. The number of aryl methyl sites for hydroxylation is 1. The summed E-state index contributed by atoms with van der Waals surface area (Å²) in [5, 5.41) is 3.01. The molecule has 3 rings (SSSR count). The first-order valence-corrected chi connectivity index (χ1v) is 10.2. The lowest BCUT2D eigenvalue weighted by Crippen LogP contribution is -2.47. The van der Waals surface area contributed by atoms with Crippen molar-refractivity contribution in [1.29, 1.82) is 0 Å². The van der Waals surface area contributed by atoms with E-state index in [0.29, 0.717) is 24.5 Å². The fourth-order valence-electron chi connectivity index (χ4n) is 3.48. The Bertz CT molecular complexity index is 868. The number of hydrogen-bond acceptors (Lipinski definition) is 3. The molecule has 1 N–H and O–H groups in total. The van der Waals surface area contributed by atoms with Crippen molar-refractivity contribution in [1.82, 2.24) is 4.90 Å². The van der Waals surface area contributed by atoms with Gasteiger partial charge in [0.15, 0.2) is 5.75 Å². The molecule has 0 aromatic heterocycles. The maximum Gasteiger partial charge on any atom is 0.229 e. The van der Waals surface area contributed by atoms with E-state index in [1.807, 2.05) is 81.1 Å². The first-order chi connectivity index (χ1) is 13.7. The molecule has 1 heterocycles. The Morgan fingerprint density at radius 3 is 2.45 bits per heavy atom. The van der Waals surface area contributed by atoms with Gasteiger partial charge in [-0.15, -0.1) is 0 Å². The number of carbonyl (C=O) groups is 2. The number of hydrogen-bond donors (Lipinski definition) is 1. The number of para-hydroxylation sites is 2. The highest BCUT2D eigenvalue weighted by Gasteiger charge is 2.33.